The van der Waals surface area contributed by atoms with Crippen LogP contribution in [0, 0.1) is 0 Å². The van der Waals surface area contributed by atoms with Crippen LogP contribution in [0.15, 0.2) is 42.9 Å². The Morgan fingerprint density at radius 3 is 2.38 bits per heavy atom. The monoisotopic (exact) mass is 438 g/mol. The molecule has 156 valence electrons. The van der Waals surface area contributed by atoms with E-state index in [0.29, 0.717) is 26.2 Å². The summed E-state index contributed by atoms with van der Waals surface area (Å²) in [5.41, 5.74) is 2.74. The minimum Gasteiger partial charge on any atom is -0.447 e. The number of halogens is 2. The van der Waals surface area contributed by atoms with Crippen molar-refractivity contribution in [1.29, 1.82) is 0 Å². The molecule has 0 saturated carbocycles. The van der Waals surface area contributed by atoms with Gasteiger partial charge in [-0.05, 0) is 38.1 Å². The first-order valence-corrected chi connectivity index (χ1v) is 9.07. The summed E-state index contributed by atoms with van der Waals surface area (Å²) < 4.78 is 7.13. The lowest BCUT2D eigenvalue weighted by Gasteiger charge is -2.35. The van der Waals surface area contributed by atoms with E-state index in [1.807, 2.05) is 48.8 Å². The number of carbonyl (C=O) groups excluding carboxylic acids is 1. The quantitative estimate of drug-likeness (QED) is 0.624. The Hall–Kier alpha value is -2.58. The second-order valence-corrected chi connectivity index (χ2v) is 6.75. The maximum Gasteiger partial charge on any atom is 0.410 e. The number of ether oxygens (including phenoxy) is 1. The molecule has 0 radical (unpaired) electrons. The minimum absolute atomic E-state index is 0. The molecule has 0 unspecified atom stereocenters. The Kier molecular flexibility index (Phi) is 7.64. The summed E-state index contributed by atoms with van der Waals surface area (Å²) in [5.74, 6) is 0.868. The van der Waals surface area contributed by atoms with Crippen LogP contribution in [0.2, 0.25) is 0 Å². The Bertz CT molecular complexity index is 942. The predicted molar refractivity (Wildman–Crippen MR) is 116 cm³/mol. The number of imidazole rings is 1. The molecule has 0 atom stereocenters. The van der Waals surface area contributed by atoms with Crippen LogP contribution in [-0.2, 0) is 4.74 Å². The summed E-state index contributed by atoms with van der Waals surface area (Å²) in [5, 5.41) is 4.78. The van der Waals surface area contributed by atoms with E-state index in [2.05, 4.69) is 14.9 Å². The smallest absolute Gasteiger partial charge is 0.410 e. The molecule has 1 aliphatic heterocycles. The van der Waals surface area contributed by atoms with Gasteiger partial charge in [0, 0.05) is 44.1 Å². The zero-order valence-corrected chi connectivity index (χ0v) is 17.9. The van der Waals surface area contributed by atoms with Gasteiger partial charge < -0.3 is 14.5 Å². The van der Waals surface area contributed by atoms with Gasteiger partial charge in [0.2, 0.25) is 0 Å². The van der Waals surface area contributed by atoms with Gasteiger partial charge in [-0.3, -0.25) is 4.98 Å². The maximum absolute atomic E-state index is 12.0. The number of aromatic nitrogens is 4. The van der Waals surface area contributed by atoms with Gasteiger partial charge >= 0.3 is 6.09 Å². The molecule has 4 rings (SSSR count). The molecule has 1 fully saturated rings. The SMILES string of the molecule is CC(C)OC(=O)N1CCN(c2ccc3ncc(-c4ccncc4)n3n2)CC1.Cl.Cl. The third-order valence-electron chi connectivity index (χ3n) is 4.52. The second-order valence-electron chi connectivity index (χ2n) is 6.75. The number of carbonyl (C=O) groups is 1. The molecule has 3 aromatic rings. The van der Waals surface area contributed by atoms with E-state index in [9.17, 15) is 4.79 Å². The topological polar surface area (TPSA) is 75.9 Å². The second kappa shape index (κ2) is 9.76. The number of fused-ring (bicyclic) bond motifs is 1. The first-order valence-electron chi connectivity index (χ1n) is 9.07. The van der Waals surface area contributed by atoms with Crippen LogP contribution in [0.4, 0.5) is 10.6 Å². The number of amides is 1. The molecule has 0 aliphatic carbocycles. The highest BCUT2D eigenvalue weighted by atomic mass is 35.5. The number of piperazine rings is 1. The summed E-state index contributed by atoms with van der Waals surface area (Å²) in [7, 11) is 0. The molecule has 0 bridgehead atoms. The average Bonchev–Trinajstić information content (AvgIpc) is 3.11. The zero-order valence-electron chi connectivity index (χ0n) is 16.3. The summed E-state index contributed by atoms with van der Waals surface area (Å²) in [4.78, 5) is 24.5. The van der Waals surface area contributed by atoms with Crippen LogP contribution >= 0.6 is 24.8 Å². The molecule has 8 nitrogen and oxygen atoms in total. The highest BCUT2D eigenvalue weighted by molar-refractivity contribution is 5.85. The van der Waals surface area contributed by atoms with Crippen LogP contribution in [-0.4, -0.2) is 62.9 Å². The van der Waals surface area contributed by atoms with Crippen molar-refractivity contribution in [3.05, 3.63) is 42.9 Å². The van der Waals surface area contributed by atoms with Gasteiger partial charge in [0.1, 0.15) is 5.82 Å². The molecule has 0 spiro atoms. The van der Waals surface area contributed by atoms with Gasteiger partial charge in [-0.1, -0.05) is 0 Å². The molecule has 4 heterocycles. The van der Waals surface area contributed by atoms with Gasteiger partial charge in [0.25, 0.3) is 0 Å². The van der Waals surface area contributed by atoms with Crippen LogP contribution in [0.25, 0.3) is 16.9 Å². The molecule has 3 aromatic heterocycles. The van der Waals surface area contributed by atoms with E-state index in [0.717, 1.165) is 22.7 Å². The fourth-order valence-corrected chi connectivity index (χ4v) is 3.15. The van der Waals surface area contributed by atoms with Crippen LogP contribution in [0.1, 0.15) is 13.8 Å². The number of hydrogen-bond donors (Lipinski definition) is 0. The summed E-state index contributed by atoms with van der Waals surface area (Å²) in [6.45, 7) is 6.38. The van der Waals surface area contributed by atoms with Crippen molar-refractivity contribution in [2.24, 2.45) is 0 Å². The van der Waals surface area contributed by atoms with Gasteiger partial charge in [-0.2, -0.15) is 0 Å². The molecule has 1 aliphatic rings. The van der Waals surface area contributed by atoms with Crippen molar-refractivity contribution >= 4 is 42.4 Å². The van der Waals surface area contributed by atoms with Gasteiger partial charge in [-0.25, -0.2) is 14.3 Å². The van der Waals surface area contributed by atoms with Gasteiger partial charge in [0.15, 0.2) is 5.65 Å². The number of pyridine rings is 1. The largest absolute Gasteiger partial charge is 0.447 e. The highest BCUT2D eigenvalue weighted by Crippen LogP contribution is 2.21. The predicted octanol–water partition coefficient (Wildman–Crippen LogP) is 3.30. The fraction of sp³-hybridized carbons (Fsp3) is 0.368. The number of anilines is 1. The van der Waals surface area contributed by atoms with Gasteiger partial charge in [-0.15, -0.1) is 29.9 Å². The van der Waals surface area contributed by atoms with E-state index in [4.69, 9.17) is 9.84 Å². The molecular formula is C19H24Cl2N6O2. The fourth-order valence-electron chi connectivity index (χ4n) is 3.15. The van der Waals surface area contributed by atoms with Crippen LogP contribution < -0.4 is 4.90 Å². The standard InChI is InChI=1S/C19H22N6O2.2ClH/c1-14(2)27-19(26)24-11-9-23(10-12-24)18-4-3-17-21-13-16(25(17)22-18)15-5-7-20-8-6-15;;/h3-8,13-14H,9-12H2,1-2H3;2*1H. The number of hydrogen-bond acceptors (Lipinski definition) is 6. The molecule has 10 heteroatoms. The number of rotatable bonds is 3. The van der Waals surface area contributed by atoms with E-state index in [1.54, 1.807) is 17.3 Å². The molecule has 0 aromatic carbocycles. The molecule has 1 amide bonds. The van der Waals surface area contributed by atoms with E-state index in [-0.39, 0.29) is 37.0 Å². The number of nitrogens with zero attached hydrogens (tertiary/aromatic N) is 6. The van der Waals surface area contributed by atoms with E-state index >= 15 is 0 Å². The van der Waals surface area contributed by atoms with Crippen molar-refractivity contribution in [3.8, 4) is 11.3 Å². The normalized spacial score (nSPS) is 13.8. The lowest BCUT2D eigenvalue weighted by Crippen LogP contribution is -2.49. The lowest BCUT2D eigenvalue weighted by atomic mass is 10.2. The van der Waals surface area contributed by atoms with E-state index in [1.165, 1.54) is 0 Å². The maximum atomic E-state index is 12.0. The summed E-state index contributed by atoms with van der Waals surface area (Å²) in [6.07, 6.45) is 4.98. The molecule has 1 saturated heterocycles. The van der Waals surface area contributed by atoms with Crippen LogP contribution in [0.3, 0.4) is 0 Å². The van der Waals surface area contributed by atoms with Crippen molar-refractivity contribution in [1.82, 2.24) is 24.5 Å². The highest BCUT2D eigenvalue weighted by Gasteiger charge is 2.24. The molecular weight excluding hydrogens is 415 g/mol. The Morgan fingerprint density at radius 1 is 1.03 bits per heavy atom. The zero-order chi connectivity index (χ0) is 18.8. The third kappa shape index (κ3) is 4.89. The van der Waals surface area contributed by atoms with Crippen molar-refractivity contribution in [2.45, 2.75) is 20.0 Å². The van der Waals surface area contributed by atoms with E-state index < -0.39 is 0 Å². The third-order valence-corrected chi connectivity index (χ3v) is 4.52. The molecule has 0 N–H and O–H groups in total. The Labute approximate surface area is 181 Å². The summed E-state index contributed by atoms with van der Waals surface area (Å²) in [6, 6.07) is 7.82. The first kappa shape index (κ1) is 22.7. The average molecular weight is 439 g/mol. The van der Waals surface area contributed by atoms with Crippen LogP contribution in [0.5, 0.6) is 0 Å². The molecule has 29 heavy (non-hydrogen) atoms. The lowest BCUT2D eigenvalue weighted by molar-refractivity contribution is 0.0751. The minimum atomic E-state index is -0.248. The van der Waals surface area contributed by atoms with Crippen molar-refractivity contribution in [2.75, 3.05) is 31.1 Å². The Balaban J connectivity index is 0.00000150. The Morgan fingerprint density at radius 2 is 1.72 bits per heavy atom. The van der Waals surface area contributed by atoms with Crippen molar-refractivity contribution < 1.29 is 9.53 Å². The van der Waals surface area contributed by atoms with Crippen molar-refractivity contribution in [3.63, 3.8) is 0 Å². The van der Waals surface area contributed by atoms with Gasteiger partial charge in [0.05, 0.1) is 18.0 Å². The summed E-state index contributed by atoms with van der Waals surface area (Å²) >= 11 is 0. The first-order chi connectivity index (χ1) is 13.1.